The number of imidazole rings is 1. The Morgan fingerprint density at radius 2 is 1.78 bits per heavy atom. The van der Waals surface area contributed by atoms with Crippen LogP contribution in [0.15, 0.2) is 58.1 Å². The van der Waals surface area contributed by atoms with Gasteiger partial charge in [0.15, 0.2) is 11.2 Å². The lowest BCUT2D eigenvalue weighted by Crippen LogP contribution is -2.37. The molecule has 0 bridgehead atoms. The Hall–Kier alpha value is -3.85. The van der Waals surface area contributed by atoms with Crippen LogP contribution in [-0.2, 0) is 20.6 Å². The van der Waals surface area contributed by atoms with Gasteiger partial charge in [-0.1, -0.05) is 30.3 Å². The maximum atomic E-state index is 12.9. The van der Waals surface area contributed by atoms with Crippen LogP contribution < -0.4 is 21.3 Å². The van der Waals surface area contributed by atoms with E-state index < -0.39 is 11.2 Å². The Labute approximate surface area is 184 Å². The van der Waals surface area contributed by atoms with Crippen LogP contribution in [0.5, 0.6) is 5.75 Å². The molecule has 0 aliphatic heterocycles. The highest BCUT2D eigenvalue weighted by atomic mass is 16.5. The fraction of sp³-hybridized carbons (Fsp3) is 0.261. The molecule has 2 N–H and O–H groups in total. The molecular formula is C23H25N5O4. The van der Waals surface area contributed by atoms with E-state index in [4.69, 9.17) is 4.74 Å². The minimum atomic E-state index is -0.442. The van der Waals surface area contributed by atoms with Crippen molar-refractivity contribution in [1.82, 2.24) is 18.7 Å². The number of rotatable bonds is 7. The van der Waals surface area contributed by atoms with E-state index in [1.54, 1.807) is 18.7 Å². The molecule has 0 amide bonds. The van der Waals surface area contributed by atoms with E-state index in [0.29, 0.717) is 23.7 Å². The highest BCUT2D eigenvalue weighted by Crippen LogP contribution is 2.25. The lowest BCUT2D eigenvalue weighted by atomic mass is 10.0. The minimum absolute atomic E-state index is 0.0902. The topological polar surface area (TPSA) is 103 Å². The van der Waals surface area contributed by atoms with Gasteiger partial charge in [0.1, 0.15) is 5.75 Å². The fourth-order valence-corrected chi connectivity index (χ4v) is 3.72. The zero-order chi connectivity index (χ0) is 22.8. The first-order valence-electron chi connectivity index (χ1n) is 10.2. The molecule has 2 aromatic carbocycles. The zero-order valence-electron chi connectivity index (χ0n) is 18.2. The van der Waals surface area contributed by atoms with Crippen LogP contribution in [0.2, 0.25) is 0 Å². The normalized spacial score (nSPS) is 11.1. The minimum Gasteiger partial charge on any atom is -0.497 e. The van der Waals surface area contributed by atoms with Crippen LogP contribution in [-0.4, -0.2) is 44.1 Å². The summed E-state index contributed by atoms with van der Waals surface area (Å²) in [6.45, 7) is 0.540. The first-order chi connectivity index (χ1) is 15.4. The number of benzene rings is 2. The lowest BCUT2D eigenvalue weighted by Gasteiger charge is -2.12. The van der Waals surface area contributed by atoms with Crippen LogP contribution >= 0.6 is 0 Å². The van der Waals surface area contributed by atoms with Gasteiger partial charge in [-0.3, -0.25) is 18.5 Å². The van der Waals surface area contributed by atoms with Gasteiger partial charge < -0.3 is 15.2 Å². The van der Waals surface area contributed by atoms with Crippen molar-refractivity contribution < 1.29 is 9.84 Å². The molecule has 0 aliphatic carbocycles. The van der Waals surface area contributed by atoms with Crippen molar-refractivity contribution in [3.05, 3.63) is 74.9 Å². The highest BCUT2D eigenvalue weighted by molar-refractivity contribution is 5.74. The maximum absolute atomic E-state index is 12.9. The Bertz CT molecular complexity index is 1380. The summed E-state index contributed by atoms with van der Waals surface area (Å²) in [7, 11) is 4.67. The molecule has 0 saturated heterocycles. The second-order valence-electron chi connectivity index (χ2n) is 7.48. The first-order valence-corrected chi connectivity index (χ1v) is 10.2. The van der Waals surface area contributed by atoms with Gasteiger partial charge in [0, 0.05) is 20.6 Å². The molecule has 4 aromatic rings. The third-order valence-electron chi connectivity index (χ3n) is 5.43. The third kappa shape index (κ3) is 3.78. The molecule has 0 saturated carbocycles. The molecule has 32 heavy (non-hydrogen) atoms. The van der Waals surface area contributed by atoms with E-state index in [-0.39, 0.29) is 13.2 Å². The van der Waals surface area contributed by atoms with Gasteiger partial charge in [-0.25, -0.2) is 4.79 Å². The summed E-state index contributed by atoms with van der Waals surface area (Å²) in [6.07, 6.45) is 0. The number of nitrogens with one attached hydrogen (secondary N) is 1. The second-order valence-corrected chi connectivity index (χ2v) is 7.48. The van der Waals surface area contributed by atoms with Gasteiger partial charge in [0.2, 0.25) is 5.95 Å². The van der Waals surface area contributed by atoms with E-state index in [9.17, 15) is 14.7 Å². The van der Waals surface area contributed by atoms with Gasteiger partial charge in [-0.2, -0.15) is 4.98 Å². The van der Waals surface area contributed by atoms with Crippen LogP contribution in [0, 0.1) is 0 Å². The Balaban J connectivity index is 1.81. The average Bonchev–Trinajstić information content (AvgIpc) is 3.18. The summed E-state index contributed by atoms with van der Waals surface area (Å²) in [6, 6.07) is 15.8. The summed E-state index contributed by atoms with van der Waals surface area (Å²) in [5.41, 5.74) is 2.79. The predicted molar refractivity (Wildman–Crippen MR) is 123 cm³/mol. The van der Waals surface area contributed by atoms with Crippen LogP contribution in [0.3, 0.4) is 0 Å². The van der Waals surface area contributed by atoms with Gasteiger partial charge in [0.25, 0.3) is 5.56 Å². The van der Waals surface area contributed by atoms with E-state index in [1.807, 2.05) is 42.5 Å². The number of ether oxygens (including phenoxy) is 1. The molecular weight excluding hydrogens is 410 g/mol. The SMILES string of the molecule is COc1ccc(-c2cccc(Cn3c(NCCO)nc4c3c(=O)n(C)c(=O)n4C)c2)cc1. The van der Waals surface area contributed by atoms with E-state index in [0.717, 1.165) is 27.0 Å². The van der Waals surface area contributed by atoms with Crippen molar-refractivity contribution in [2.45, 2.75) is 6.54 Å². The van der Waals surface area contributed by atoms with E-state index in [1.165, 1.54) is 11.6 Å². The number of aromatic nitrogens is 4. The Kier molecular flexibility index (Phi) is 5.83. The second kappa shape index (κ2) is 8.72. The molecule has 0 spiro atoms. The molecule has 0 radical (unpaired) electrons. The Morgan fingerprint density at radius 1 is 1.03 bits per heavy atom. The molecule has 9 heteroatoms. The van der Waals surface area contributed by atoms with Gasteiger partial charge in [0.05, 0.1) is 20.3 Å². The molecule has 9 nitrogen and oxygen atoms in total. The largest absolute Gasteiger partial charge is 0.497 e. The number of methoxy groups -OCH3 is 1. The van der Waals surface area contributed by atoms with Crippen LogP contribution in [0.25, 0.3) is 22.3 Å². The zero-order valence-corrected chi connectivity index (χ0v) is 18.2. The van der Waals surface area contributed by atoms with Crippen molar-refractivity contribution in [3.8, 4) is 16.9 Å². The number of hydrogen-bond acceptors (Lipinski definition) is 6. The molecule has 2 heterocycles. The number of fused-ring (bicyclic) bond motifs is 1. The van der Waals surface area contributed by atoms with Gasteiger partial charge in [-0.15, -0.1) is 0 Å². The number of aliphatic hydroxyl groups excluding tert-OH is 1. The number of nitrogens with zero attached hydrogens (tertiary/aromatic N) is 4. The number of aliphatic hydroxyl groups is 1. The molecule has 4 rings (SSSR count). The predicted octanol–water partition coefficient (Wildman–Crippen LogP) is 1.56. The molecule has 0 unspecified atom stereocenters. The monoisotopic (exact) mass is 435 g/mol. The molecule has 0 fully saturated rings. The number of hydrogen-bond donors (Lipinski definition) is 2. The molecule has 0 aliphatic rings. The maximum Gasteiger partial charge on any atom is 0.332 e. The number of aryl methyl sites for hydroxylation is 1. The first kappa shape index (κ1) is 21.4. The standard InChI is InChI=1S/C23H25N5O4/c1-26-20-19(21(30)27(2)23(26)31)28(22(25-20)24-11-12-29)14-15-5-4-6-17(13-15)16-7-9-18(32-3)10-8-16/h4-10,13,29H,11-12,14H2,1-3H3,(H,24,25). The van der Waals surface area contributed by atoms with Crippen molar-refractivity contribution in [2.24, 2.45) is 14.1 Å². The smallest absolute Gasteiger partial charge is 0.332 e. The molecule has 0 atom stereocenters. The summed E-state index contributed by atoms with van der Waals surface area (Å²) in [4.78, 5) is 29.8. The average molecular weight is 435 g/mol. The van der Waals surface area contributed by atoms with Crippen molar-refractivity contribution in [3.63, 3.8) is 0 Å². The van der Waals surface area contributed by atoms with Crippen molar-refractivity contribution >= 4 is 17.1 Å². The summed E-state index contributed by atoms with van der Waals surface area (Å²) in [5.74, 6) is 1.21. The van der Waals surface area contributed by atoms with E-state index >= 15 is 0 Å². The molecule has 2 aromatic heterocycles. The van der Waals surface area contributed by atoms with Crippen LogP contribution in [0.1, 0.15) is 5.56 Å². The van der Waals surface area contributed by atoms with Gasteiger partial charge >= 0.3 is 5.69 Å². The fourth-order valence-electron chi connectivity index (χ4n) is 3.72. The summed E-state index contributed by atoms with van der Waals surface area (Å²) >= 11 is 0. The van der Waals surface area contributed by atoms with Crippen molar-refractivity contribution in [1.29, 1.82) is 0 Å². The van der Waals surface area contributed by atoms with E-state index in [2.05, 4.69) is 16.4 Å². The quantitative estimate of drug-likeness (QED) is 0.457. The Morgan fingerprint density at radius 3 is 2.47 bits per heavy atom. The summed E-state index contributed by atoms with van der Waals surface area (Å²) in [5, 5.41) is 12.3. The highest BCUT2D eigenvalue weighted by Gasteiger charge is 2.19. The van der Waals surface area contributed by atoms with Crippen molar-refractivity contribution in [2.75, 3.05) is 25.6 Å². The van der Waals surface area contributed by atoms with Crippen LogP contribution in [0.4, 0.5) is 5.95 Å². The summed E-state index contributed by atoms with van der Waals surface area (Å²) < 4.78 is 9.41. The lowest BCUT2D eigenvalue weighted by molar-refractivity contribution is 0.310. The van der Waals surface area contributed by atoms with Gasteiger partial charge in [-0.05, 0) is 34.9 Å². The number of anilines is 1. The molecule has 166 valence electrons. The third-order valence-corrected chi connectivity index (χ3v) is 5.43.